The van der Waals surface area contributed by atoms with Crippen LogP contribution in [-0.2, 0) is 9.53 Å². The maximum absolute atomic E-state index is 13.1. The molecule has 0 atom stereocenters. The van der Waals surface area contributed by atoms with Crippen molar-refractivity contribution in [2.24, 2.45) is 0 Å². The highest BCUT2D eigenvalue weighted by molar-refractivity contribution is 6.30. The van der Waals surface area contributed by atoms with Crippen molar-refractivity contribution in [2.45, 2.75) is 12.8 Å². The van der Waals surface area contributed by atoms with Gasteiger partial charge < -0.3 is 15.0 Å². The molecule has 28 heavy (non-hydrogen) atoms. The van der Waals surface area contributed by atoms with E-state index < -0.39 is 0 Å². The Labute approximate surface area is 170 Å². The van der Waals surface area contributed by atoms with Gasteiger partial charge in [-0.2, -0.15) is 0 Å². The molecule has 1 N–H and O–H groups in total. The van der Waals surface area contributed by atoms with E-state index in [9.17, 15) is 4.79 Å². The average Bonchev–Trinajstić information content (AvgIpc) is 3.15. The van der Waals surface area contributed by atoms with Crippen molar-refractivity contribution < 1.29 is 9.53 Å². The predicted molar refractivity (Wildman–Crippen MR) is 113 cm³/mol. The molecule has 1 saturated heterocycles. The molecule has 1 aliphatic carbocycles. The number of nitrogens with one attached hydrogen (secondary N) is 1. The lowest BCUT2D eigenvalue weighted by atomic mass is 10.1. The summed E-state index contributed by atoms with van der Waals surface area (Å²) in [6.07, 6.45) is 3.81. The number of hydrogen-bond acceptors (Lipinski definition) is 3. The van der Waals surface area contributed by atoms with Crippen molar-refractivity contribution in [2.75, 3.05) is 31.6 Å². The van der Waals surface area contributed by atoms with Crippen molar-refractivity contribution in [1.82, 2.24) is 4.90 Å². The zero-order chi connectivity index (χ0) is 19.3. The summed E-state index contributed by atoms with van der Waals surface area (Å²) in [5.41, 5.74) is 5.04. The van der Waals surface area contributed by atoms with E-state index in [0.717, 1.165) is 48.5 Å². The summed E-state index contributed by atoms with van der Waals surface area (Å²) >= 11 is 5.95. The van der Waals surface area contributed by atoms with Crippen LogP contribution in [0.1, 0.15) is 18.4 Å². The highest BCUT2D eigenvalue weighted by Gasteiger charge is 2.29. The van der Waals surface area contributed by atoms with Gasteiger partial charge in [0.1, 0.15) is 0 Å². The zero-order valence-corrected chi connectivity index (χ0v) is 16.4. The van der Waals surface area contributed by atoms with Gasteiger partial charge in [0.15, 0.2) is 0 Å². The highest BCUT2D eigenvalue weighted by Crippen LogP contribution is 2.36. The molecule has 144 valence electrons. The summed E-state index contributed by atoms with van der Waals surface area (Å²) in [5.74, 6) is -0.0414. The van der Waals surface area contributed by atoms with E-state index in [4.69, 9.17) is 16.3 Å². The molecule has 0 unspecified atom stereocenters. The van der Waals surface area contributed by atoms with Gasteiger partial charge in [-0.25, -0.2) is 0 Å². The van der Waals surface area contributed by atoms with Gasteiger partial charge in [0.2, 0.25) is 0 Å². The van der Waals surface area contributed by atoms with Gasteiger partial charge in [0.25, 0.3) is 5.91 Å². The molecule has 1 amide bonds. The van der Waals surface area contributed by atoms with Crippen molar-refractivity contribution in [3.8, 4) is 0 Å². The fraction of sp³-hybridized carbons (Fsp3) is 0.261. The first-order valence-corrected chi connectivity index (χ1v) is 9.97. The minimum atomic E-state index is -0.0414. The summed E-state index contributed by atoms with van der Waals surface area (Å²) in [6, 6.07) is 17.5. The van der Waals surface area contributed by atoms with Crippen molar-refractivity contribution in [1.29, 1.82) is 0 Å². The molecule has 0 bridgehead atoms. The van der Waals surface area contributed by atoms with E-state index in [2.05, 4.69) is 28.4 Å². The minimum Gasteiger partial charge on any atom is -0.378 e. The Kier molecular flexibility index (Phi) is 5.79. The first-order chi connectivity index (χ1) is 13.7. The van der Waals surface area contributed by atoms with E-state index in [1.165, 1.54) is 5.57 Å². The molecular weight excluding hydrogens is 372 g/mol. The lowest BCUT2D eigenvalue weighted by Crippen LogP contribution is -2.36. The van der Waals surface area contributed by atoms with Crippen molar-refractivity contribution >= 4 is 29.3 Å². The number of nitrogens with zero attached hydrogens (tertiary/aromatic N) is 1. The second-order valence-electron chi connectivity index (χ2n) is 6.97. The van der Waals surface area contributed by atoms with Crippen LogP contribution in [0.3, 0.4) is 0 Å². The number of rotatable bonds is 4. The maximum Gasteiger partial charge on any atom is 0.253 e. The number of hydrogen-bond donors (Lipinski definition) is 1. The summed E-state index contributed by atoms with van der Waals surface area (Å²) in [7, 11) is 0. The second-order valence-corrected chi connectivity index (χ2v) is 7.40. The van der Waals surface area contributed by atoms with Gasteiger partial charge in [-0.1, -0.05) is 41.9 Å². The van der Waals surface area contributed by atoms with Crippen LogP contribution in [0.25, 0.3) is 6.08 Å². The Morgan fingerprint density at radius 2 is 1.71 bits per heavy atom. The molecule has 4 rings (SSSR count). The summed E-state index contributed by atoms with van der Waals surface area (Å²) in [5, 5.41) is 3.68. The highest BCUT2D eigenvalue weighted by atomic mass is 35.5. The fourth-order valence-corrected chi connectivity index (χ4v) is 3.85. The molecule has 0 spiro atoms. The Morgan fingerprint density at radius 1 is 1.00 bits per heavy atom. The zero-order valence-electron chi connectivity index (χ0n) is 15.7. The largest absolute Gasteiger partial charge is 0.378 e. The van der Waals surface area contributed by atoms with E-state index in [-0.39, 0.29) is 5.91 Å². The number of morpholine rings is 1. The Hall–Kier alpha value is -2.56. The molecule has 0 saturated carbocycles. The third kappa shape index (κ3) is 4.29. The van der Waals surface area contributed by atoms with Crippen molar-refractivity contribution in [3.05, 3.63) is 82.0 Å². The van der Waals surface area contributed by atoms with E-state index in [0.29, 0.717) is 18.2 Å². The van der Waals surface area contributed by atoms with E-state index in [1.54, 1.807) is 12.1 Å². The molecule has 0 aromatic heterocycles. The van der Waals surface area contributed by atoms with Crippen LogP contribution in [0.2, 0.25) is 5.02 Å². The van der Waals surface area contributed by atoms with Crippen LogP contribution in [-0.4, -0.2) is 37.1 Å². The van der Waals surface area contributed by atoms with Crippen LogP contribution in [0.15, 0.2) is 71.4 Å². The van der Waals surface area contributed by atoms with Gasteiger partial charge in [-0.3, -0.25) is 4.79 Å². The van der Waals surface area contributed by atoms with Crippen LogP contribution in [0.5, 0.6) is 0 Å². The van der Waals surface area contributed by atoms with Gasteiger partial charge in [0.05, 0.1) is 13.2 Å². The quantitative estimate of drug-likeness (QED) is 0.814. The molecule has 1 aliphatic heterocycles. The molecule has 2 aromatic rings. The lowest BCUT2D eigenvalue weighted by Gasteiger charge is -2.31. The number of amides is 1. The Bertz CT molecular complexity index is 898. The van der Waals surface area contributed by atoms with Crippen LogP contribution in [0, 0.1) is 0 Å². The third-order valence-electron chi connectivity index (χ3n) is 5.08. The number of anilines is 1. The summed E-state index contributed by atoms with van der Waals surface area (Å²) < 4.78 is 5.52. The number of benzene rings is 2. The second kappa shape index (κ2) is 8.63. The first-order valence-electron chi connectivity index (χ1n) is 9.59. The summed E-state index contributed by atoms with van der Waals surface area (Å²) in [4.78, 5) is 15.4. The lowest BCUT2D eigenvalue weighted by molar-refractivity contribution is -0.113. The fourth-order valence-electron chi connectivity index (χ4n) is 3.72. The monoisotopic (exact) mass is 394 g/mol. The summed E-state index contributed by atoms with van der Waals surface area (Å²) in [6.45, 7) is 2.99. The van der Waals surface area contributed by atoms with Gasteiger partial charge in [-0.15, -0.1) is 0 Å². The molecule has 4 nitrogen and oxygen atoms in total. The molecule has 2 aromatic carbocycles. The number of carbonyl (C=O) groups is 1. The SMILES string of the molecule is O=C(Nc1ccc(Cl)cc1)C1=C(N2CCOCC2)C(=Cc2ccccc2)CC1. The van der Waals surface area contributed by atoms with Crippen LogP contribution >= 0.6 is 11.6 Å². The number of carbonyl (C=O) groups excluding carboxylic acids is 1. The molecule has 2 aliphatic rings. The topological polar surface area (TPSA) is 41.6 Å². The smallest absolute Gasteiger partial charge is 0.253 e. The van der Waals surface area contributed by atoms with E-state index in [1.807, 2.05) is 30.3 Å². The Balaban J connectivity index is 1.65. The Morgan fingerprint density at radius 3 is 2.43 bits per heavy atom. The van der Waals surface area contributed by atoms with Gasteiger partial charge in [0, 0.05) is 35.1 Å². The van der Waals surface area contributed by atoms with E-state index >= 15 is 0 Å². The maximum atomic E-state index is 13.1. The minimum absolute atomic E-state index is 0.0414. The molecule has 0 radical (unpaired) electrons. The number of allylic oxidation sites excluding steroid dienone is 1. The van der Waals surface area contributed by atoms with Crippen molar-refractivity contribution in [3.63, 3.8) is 0 Å². The third-order valence-corrected chi connectivity index (χ3v) is 5.33. The number of halogens is 1. The molecule has 1 fully saturated rings. The molecular formula is C23H23ClN2O2. The van der Waals surface area contributed by atoms with Crippen LogP contribution < -0.4 is 5.32 Å². The van der Waals surface area contributed by atoms with Crippen LogP contribution in [0.4, 0.5) is 5.69 Å². The average molecular weight is 395 g/mol. The predicted octanol–water partition coefficient (Wildman–Crippen LogP) is 4.74. The van der Waals surface area contributed by atoms with Gasteiger partial charge >= 0.3 is 0 Å². The van der Waals surface area contributed by atoms with Gasteiger partial charge in [-0.05, 0) is 54.3 Å². The molecule has 5 heteroatoms. The molecule has 1 heterocycles. The standard InChI is InChI=1S/C23H23ClN2O2/c24-19-7-9-20(10-8-19)25-23(27)21-11-6-18(16-17-4-2-1-3-5-17)22(21)26-12-14-28-15-13-26/h1-5,7-10,16H,6,11-15H2,(H,25,27). The first kappa shape index (κ1) is 18.8. The normalized spacial score (nSPS) is 18.6. The number of ether oxygens (including phenoxy) is 1.